The number of halogens is 30. The molecular weight excluding hydrogens is 1310 g/mol. The molecule has 0 unspecified atom stereocenters. The molecule has 3 N–H and O–H groups in total. The molecule has 3 fully saturated rings. The van der Waals surface area contributed by atoms with Gasteiger partial charge in [-0.2, -0.15) is 0 Å². The smallest absolute Gasteiger partial charge is 0.207 e. The number of rotatable bonds is 0. The summed E-state index contributed by atoms with van der Waals surface area (Å²) in [6.45, 7) is 0. The van der Waals surface area contributed by atoms with Gasteiger partial charge >= 0.3 is 0 Å². The van der Waals surface area contributed by atoms with Crippen molar-refractivity contribution in [3.05, 3.63) is 0 Å². The van der Waals surface area contributed by atoms with Crippen LogP contribution in [0.5, 0.6) is 0 Å². The maximum Gasteiger partial charge on any atom is 0.207 e. The van der Waals surface area contributed by atoms with Crippen molar-refractivity contribution in [3.63, 3.8) is 0 Å². The molecule has 1 radical (unpaired) electrons. The van der Waals surface area contributed by atoms with E-state index in [0.29, 0.717) is 0 Å². The molecule has 3 heterocycles. The molecule has 49 heavy (non-hydrogen) atoms. The first kappa shape index (κ1) is 58.6. The van der Waals surface area contributed by atoms with Crippen LogP contribution in [-0.4, -0.2) is 95.3 Å². The molecule has 289 valence electrons. The maximum atomic E-state index is 5.88. The second-order valence-electron chi connectivity index (χ2n) is 8.99. The van der Waals surface area contributed by atoms with E-state index in [9.17, 15) is 0 Å². The Morgan fingerprint density at radius 2 is 0.245 bits per heavy atom. The molecule has 0 atom stereocenters. The fraction of sp³-hybridized carbons (Fsp3) is 1.00. The average Bonchev–Trinajstić information content (AvgIpc) is 2.79. The van der Waals surface area contributed by atoms with Crippen LogP contribution in [0.25, 0.3) is 0 Å². The quantitative estimate of drug-likeness (QED) is 0.129. The maximum absolute atomic E-state index is 5.88. The molecule has 3 saturated heterocycles. The summed E-state index contributed by atoms with van der Waals surface area (Å²) < 4.78 is -32.2. The Bertz CT molecular complexity index is 989. The van der Waals surface area contributed by atoms with Crippen molar-refractivity contribution in [3.8, 4) is 0 Å². The van der Waals surface area contributed by atoms with Crippen molar-refractivity contribution in [2.45, 2.75) is 65.7 Å². The SMILES string of the molecule is ClC1(Cl)NC(Cl)(Cl)C(Cl)(Cl)C(Cl)(Cl)C1(Cl)Cl.ClC1(Cl)NC(Cl)(Cl)C(Cl)(Cl)C(Cl)(Cl)C1(Cl)Cl.ClC1(Cl)NC(Cl)(Cl)C(Cl)(Cl)C(Cl)(Cl)C1(Cl)Cl.[Na]. The Morgan fingerprint density at radius 3 is 0.327 bits per heavy atom. The molecule has 3 rings (SSSR count). The van der Waals surface area contributed by atoms with Gasteiger partial charge in [0.2, 0.25) is 26.7 Å². The van der Waals surface area contributed by atoms with Crippen LogP contribution in [-0.2, 0) is 0 Å². The standard InChI is InChI=1S/3C5HCl10N.Na/c3*6-1(7)2(8,9)4(12,13)16-5(14,15)3(1,10)11;/h3*16H;. The van der Waals surface area contributed by atoms with Gasteiger partial charge in [-0.05, 0) is 0 Å². The Kier molecular flexibility index (Phi) is 20.9. The van der Waals surface area contributed by atoms with E-state index in [0.717, 1.165) is 0 Å². The van der Waals surface area contributed by atoms with Crippen LogP contribution in [0.15, 0.2) is 0 Å². The zero-order chi connectivity index (χ0) is 39.6. The molecule has 0 aromatic carbocycles. The van der Waals surface area contributed by atoms with Gasteiger partial charge in [-0.3, -0.25) is 0 Å². The van der Waals surface area contributed by atoms with E-state index in [1.807, 2.05) is 0 Å². The minimum Gasteiger partial charge on any atom is -0.249 e. The van der Waals surface area contributed by atoms with E-state index < -0.39 is 65.7 Å². The predicted molar refractivity (Wildman–Crippen MR) is 232 cm³/mol. The Labute approximate surface area is 451 Å². The summed E-state index contributed by atoms with van der Waals surface area (Å²) in [6.07, 6.45) is 0. The number of piperidine rings is 3. The summed E-state index contributed by atoms with van der Waals surface area (Å²) in [6, 6.07) is 0. The fourth-order valence-electron chi connectivity index (χ4n) is 2.84. The summed E-state index contributed by atoms with van der Waals surface area (Å²) in [4.78, 5) is 0. The predicted octanol–water partition coefficient (Wildman–Crippen LogP) is 15.7. The van der Waals surface area contributed by atoms with Gasteiger partial charge in [-0.1, -0.05) is 348 Å². The van der Waals surface area contributed by atoms with Gasteiger partial charge in [-0.15, -0.1) is 0 Å². The molecule has 0 saturated carbocycles. The molecule has 3 aliphatic rings. The van der Waals surface area contributed by atoms with Crippen LogP contribution < -0.4 is 16.0 Å². The van der Waals surface area contributed by atoms with Crippen LogP contribution in [0.2, 0.25) is 0 Å². The third-order valence-electron chi connectivity index (χ3n) is 5.67. The van der Waals surface area contributed by atoms with Gasteiger partial charge in [0.1, 0.15) is 0 Å². The van der Waals surface area contributed by atoms with Crippen molar-refractivity contribution < 1.29 is 0 Å². The molecule has 0 aliphatic carbocycles. The number of hydrogen-bond donors (Lipinski definition) is 3. The summed E-state index contributed by atoms with van der Waals surface area (Å²) in [5, 5.41) is 6.70. The monoisotopic (exact) mass is 1300 g/mol. The minimum absolute atomic E-state index is 0. The topological polar surface area (TPSA) is 36.1 Å². The number of nitrogens with one attached hydrogen (secondary N) is 3. The molecule has 0 aromatic rings. The van der Waals surface area contributed by atoms with Crippen LogP contribution >= 0.6 is 348 Å². The van der Waals surface area contributed by atoms with Crippen molar-refractivity contribution in [2.75, 3.05) is 0 Å². The molecule has 0 spiro atoms. The van der Waals surface area contributed by atoms with E-state index in [2.05, 4.69) is 16.0 Å². The summed E-state index contributed by atoms with van der Waals surface area (Å²) >= 11 is 175. The van der Waals surface area contributed by atoms with Gasteiger partial charge in [0.05, 0.1) is 0 Å². The van der Waals surface area contributed by atoms with Gasteiger partial charge in [-0.25, -0.2) is 16.0 Å². The van der Waals surface area contributed by atoms with E-state index in [4.69, 9.17) is 348 Å². The van der Waals surface area contributed by atoms with E-state index >= 15 is 0 Å². The Hall–Kier alpha value is 9.58. The largest absolute Gasteiger partial charge is 0.249 e. The molecule has 3 aliphatic heterocycles. The molecular formula is C15H3Cl30N3Na. The molecule has 3 nitrogen and oxygen atoms in total. The summed E-state index contributed by atoms with van der Waals surface area (Å²) in [5.41, 5.74) is 0. The van der Waals surface area contributed by atoms with Crippen LogP contribution in [0.1, 0.15) is 0 Å². The van der Waals surface area contributed by atoms with Gasteiger partial charge < -0.3 is 0 Å². The van der Waals surface area contributed by atoms with E-state index in [1.54, 1.807) is 0 Å². The Balaban J connectivity index is 0.000000698. The van der Waals surface area contributed by atoms with Gasteiger partial charge in [0.15, 0.2) is 39.0 Å². The van der Waals surface area contributed by atoms with Crippen LogP contribution in [0.4, 0.5) is 0 Å². The minimum atomic E-state index is -2.25. The van der Waals surface area contributed by atoms with Crippen molar-refractivity contribution in [1.82, 2.24) is 16.0 Å². The molecule has 34 heteroatoms. The van der Waals surface area contributed by atoms with Gasteiger partial charge in [0.25, 0.3) is 0 Å². The van der Waals surface area contributed by atoms with Crippen LogP contribution in [0.3, 0.4) is 0 Å². The summed E-state index contributed by atoms with van der Waals surface area (Å²) in [5.74, 6) is 0. The normalized spacial score (nSPS) is 32.7. The molecule has 0 aromatic heterocycles. The van der Waals surface area contributed by atoms with Crippen molar-refractivity contribution >= 4 is 378 Å². The molecule has 0 amide bonds. The van der Waals surface area contributed by atoms with Crippen molar-refractivity contribution in [2.24, 2.45) is 0 Å². The van der Waals surface area contributed by atoms with Crippen LogP contribution in [0, 0.1) is 0 Å². The Morgan fingerprint density at radius 1 is 0.163 bits per heavy atom. The molecule has 0 bridgehead atoms. The van der Waals surface area contributed by atoms with E-state index in [1.165, 1.54) is 0 Å². The second kappa shape index (κ2) is 17.5. The third-order valence-corrected chi connectivity index (χ3v) is 25.1. The summed E-state index contributed by atoms with van der Waals surface area (Å²) in [7, 11) is 0. The zero-order valence-corrected chi connectivity index (χ0v) is 46.0. The third kappa shape index (κ3) is 9.68. The van der Waals surface area contributed by atoms with Crippen molar-refractivity contribution in [1.29, 1.82) is 0 Å². The fourth-order valence-corrected chi connectivity index (χ4v) is 12.5. The first-order valence-corrected chi connectivity index (χ1v) is 21.5. The number of hydrogen-bond acceptors (Lipinski definition) is 3. The first-order valence-electron chi connectivity index (χ1n) is 10.2. The first-order chi connectivity index (χ1) is 20.1. The average molecular weight is 1310 g/mol. The second-order valence-corrected chi connectivity index (χ2v) is 28.9. The van der Waals surface area contributed by atoms with Gasteiger partial charge in [0, 0.05) is 29.6 Å². The number of alkyl halides is 30. The zero-order valence-electron chi connectivity index (χ0n) is 21.3. The van der Waals surface area contributed by atoms with E-state index in [-0.39, 0.29) is 29.6 Å².